The quantitative estimate of drug-likeness (QED) is 0.805. The number of alkyl halides is 4. The molecular formula is C10H8BrF3N2O. The summed E-state index contributed by atoms with van der Waals surface area (Å²) < 4.78 is 39.9. The molecular weight excluding hydrogens is 301 g/mol. The van der Waals surface area contributed by atoms with Gasteiger partial charge in [-0.1, -0.05) is 15.9 Å². The van der Waals surface area contributed by atoms with Gasteiger partial charge < -0.3 is 4.74 Å². The van der Waals surface area contributed by atoms with Crippen molar-refractivity contribution in [3.05, 3.63) is 22.9 Å². The summed E-state index contributed by atoms with van der Waals surface area (Å²) in [7, 11) is 0. The van der Waals surface area contributed by atoms with E-state index in [1.165, 1.54) is 0 Å². The van der Waals surface area contributed by atoms with Crippen LogP contribution in [-0.2, 0) is 11.8 Å². The Morgan fingerprint density at radius 1 is 1.53 bits per heavy atom. The summed E-state index contributed by atoms with van der Waals surface area (Å²) >= 11 is 3.13. The highest BCUT2D eigenvalue weighted by molar-refractivity contribution is 9.08. The molecule has 0 fully saturated rings. The van der Waals surface area contributed by atoms with Gasteiger partial charge in [0.1, 0.15) is 0 Å². The normalized spacial score (nSPS) is 11.1. The van der Waals surface area contributed by atoms with Crippen molar-refractivity contribution in [3.63, 3.8) is 0 Å². The molecule has 0 aliphatic rings. The van der Waals surface area contributed by atoms with Crippen molar-refractivity contribution in [3.8, 4) is 11.9 Å². The molecule has 0 unspecified atom stereocenters. The van der Waals surface area contributed by atoms with Gasteiger partial charge >= 0.3 is 6.36 Å². The minimum Gasteiger partial charge on any atom is -0.388 e. The maximum Gasteiger partial charge on any atom is 0.574 e. The Kier molecular flexibility index (Phi) is 4.34. The Morgan fingerprint density at radius 2 is 2.18 bits per heavy atom. The van der Waals surface area contributed by atoms with Gasteiger partial charge in [-0.2, -0.15) is 5.26 Å². The van der Waals surface area contributed by atoms with E-state index < -0.39 is 12.2 Å². The van der Waals surface area contributed by atoms with Gasteiger partial charge in [0.2, 0.25) is 5.88 Å². The van der Waals surface area contributed by atoms with Crippen LogP contribution in [0.5, 0.6) is 5.88 Å². The summed E-state index contributed by atoms with van der Waals surface area (Å²) in [6.45, 7) is 1.70. The van der Waals surface area contributed by atoms with Crippen molar-refractivity contribution in [2.24, 2.45) is 0 Å². The summed E-state index contributed by atoms with van der Waals surface area (Å²) in [5.41, 5.74) is 1.60. The van der Waals surface area contributed by atoms with Gasteiger partial charge in [-0.3, -0.25) is 0 Å². The van der Waals surface area contributed by atoms with Gasteiger partial charge in [-0.25, -0.2) is 4.98 Å². The van der Waals surface area contributed by atoms with Gasteiger partial charge in [-0.05, 0) is 18.1 Å². The van der Waals surface area contributed by atoms with Crippen molar-refractivity contribution < 1.29 is 17.9 Å². The third-order valence-electron chi connectivity index (χ3n) is 2.07. The van der Waals surface area contributed by atoms with Crippen LogP contribution in [0, 0.1) is 18.3 Å². The summed E-state index contributed by atoms with van der Waals surface area (Å²) in [6.07, 6.45) is -4.77. The van der Waals surface area contributed by atoms with E-state index in [1.807, 2.05) is 6.07 Å². The van der Waals surface area contributed by atoms with E-state index in [0.717, 1.165) is 6.07 Å². The molecule has 0 radical (unpaired) electrons. The first-order chi connectivity index (χ1) is 7.87. The maximum atomic E-state index is 12.1. The molecule has 0 N–H and O–H groups in total. The monoisotopic (exact) mass is 308 g/mol. The standard InChI is InChI=1S/C10H8BrF3N2O/c1-6-7(2-3-15)4-9(16-8(6)5-11)17-10(12,13)14/h4H,2,5H2,1H3. The fourth-order valence-electron chi connectivity index (χ4n) is 1.26. The molecule has 0 saturated carbocycles. The van der Waals surface area contributed by atoms with E-state index in [9.17, 15) is 13.2 Å². The van der Waals surface area contributed by atoms with Crippen LogP contribution in [-0.4, -0.2) is 11.3 Å². The first-order valence-electron chi connectivity index (χ1n) is 4.55. The van der Waals surface area contributed by atoms with Crippen LogP contribution in [0.15, 0.2) is 6.07 Å². The van der Waals surface area contributed by atoms with Gasteiger partial charge in [-0.15, -0.1) is 13.2 Å². The third-order valence-corrected chi connectivity index (χ3v) is 2.60. The summed E-state index contributed by atoms with van der Waals surface area (Å²) in [5.74, 6) is -0.539. The number of halogens is 4. The van der Waals surface area contributed by atoms with E-state index in [2.05, 4.69) is 25.7 Å². The van der Waals surface area contributed by atoms with Crippen molar-refractivity contribution in [2.45, 2.75) is 25.0 Å². The Morgan fingerprint density at radius 3 is 2.65 bits per heavy atom. The van der Waals surface area contributed by atoms with Gasteiger partial charge in [0.25, 0.3) is 0 Å². The molecule has 1 heterocycles. The minimum absolute atomic E-state index is 0.0164. The second-order valence-electron chi connectivity index (χ2n) is 3.21. The largest absolute Gasteiger partial charge is 0.574 e. The summed E-state index contributed by atoms with van der Waals surface area (Å²) in [6, 6.07) is 3.02. The highest BCUT2D eigenvalue weighted by Crippen LogP contribution is 2.25. The Labute approximate surface area is 104 Å². The van der Waals surface area contributed by atoms with Crippen LogP contribution >= 0.6 is 15.9 Å². The number of aromatic nitrogens is 1. The molecule has 1 aromatic heterocycles. The molecule has 0 atom stereocenters. The van der Waals surface area contributed by atoms with E-state index in [0.29, 0.717) is 22.2 Å². The van der Waals surface area contributed by atoms with Crippen LogP contribution in [0.25, 0.3) is 0 Å². The number of pyridine rings is 1. The molecule has 0 spiro atoms. The van der Waals surface area contributed by atoms with Crippen LogP contribution in [0.3, 0.4) is 0 Å². The first-order valence-corrected chi connectivity index (χ1v) is 5.67. The average Bonchev–Trinajstić information content (AvgIpc) is 2.20. The zero-order chi connectivity index (χ0) is 13.1. The van der Waals surface area contributed by atoms with Crippen molar-refractivity contribution in [1.82, 2.24) is 4.98 Å². The maximum absolute atomic E-state index is 12.1. The average molecular weight is 309 g/mol. The third kappa shape index (κ3) is 3.89. The van der Waals surface area contributed by atoms with E-state index in [4.69, 9.17) is 5.26 Å². The zero-order valence-corrected chi connectivity index (χ0v) is 10.4. The predicted octanol–water partition coefficient (Wildman–Crippen LogP) is 3.25. The Balaban J connectivity index is 3.16. The lowest BCUT2D eigenvalue weighted by molar-refractivity contribution is -0.276. The molecule has 92 valence electrons. The molecule has 0 aliphatic carbocycles. The van der Waals surface area contributed by atoms with Crippen LogP contribution in [0.2, 0.25) is 0 Å². The highest BCUT2D eigenvalue weighted by atomic mass is 79.9. The van der Waals surface area contributed by atoms with Crippen molar-refractivity contribution >= 4 is 15.9 Å². The highest BCUT2D eigenvalue weighted by Gasteiger charge is 2.32. The van der Waals surface area contributed by atoms with Gasteiger partial charge in [0, 0.05) is 11.4 Å². The Hall–Kier alpha value is -1.29. The zero-order valence-electron chi connectivity index (χ0n) is 8.81. The number of rotatable bonds is 3. The van der Waals surface area contributed by atoms with Crippen LogP contribution in [0.4, 0.5) is 13.2 Å². The lowest BCUT2D eigenvalue weighted by Gasteiger charge is -2.12. The van der Waals surface area contributed by atoms with Crippen molar-refractivity contribution in [2.75, 3.05) is 0 Å². The van der Waals surface area contributed by atoms with E-state index in [1.54, 1.807) is 6.92 Å². The van der Waals surface area contributed by atoms with Crippen LogP contribution < -0.4 is 4.74 Å². The number of nitrogens with zero attached hydrogens (tertiary/aromatic N) is 2. The number of hydrogen-bond donors (Lipinski definition) is 0. The predicted molar refractivity (Wildman–Crippen MR) is 57.6 cm³/mol. The fraction of sp³-hybridized carbons (Fsp3) is 0.400. The fourth-order valence-corrected chi connectivity index (χ4v) is 1.81. The molecule has 3 nitrogen and oxygen atoms in total. The summed E-state index contributed by atoms with van der Waals surface area (Å²) in [4.78, 5) is 3.72. The molecule has 0 amide bonds. The smallest absolute Gasteiger partial charge is 0.388 e. The second-order valence-corrected chi connectivity index (χ2v) is 3.77. The molecule has 1 rings (SSSR count). The number of ether oxygens (including phenoxy) is 1. The van der Waals surface area contributed by atoms with Gasteiger partial charge in [0.15, 0.2) is 0 Å². The molecule has 17 heavy (non-hydrogen) atoms. The molecule has 0 aromatic carbocycles. The molecule has 0 aliphatic heterocycles. The molecule has 7 heteroatoms. The number of nitriles is 1. The molecule has 0 bridgehead atoms. The minimum atomic E-state index is -4.78. The Bertz CT molecular complexity index is 454. The lowest BCUT2D eigenvalue weighted by atomic mass is 10.1. The van der Waals surface area contributed by atoms with E-state index >= 15 is 0 Å². The lowest BCUT2D eigenvalue weighted by Crippen LogP contribution is -2.18. The number of hydrogen-bond acceptors (Lipinski definition) is 3. The molecule has 0 saturated heterocycles. The first kappa shape index (κ1) is 13.8. The topological polar surface area (TPSA) is 45.9 Å². The second kappa shape index (κ2) is 5.36. The molecule has 1 aromatic rings. The van der Waals surface area contributed by atoms with Crippen molar-refractivity contribution in [1.29, 1.82) is 5.26 Å². The summed E-state index contributed by atoms with van der Waals surface area (Å²) in [5, 5.41) is 8.88. The SMILES string of the molecule is Cc1c(CC#N)cc(OC(F)(F)F)nc1CBr. The van der Waals surface area contributed by atoms with Crippen LogP contribution in [0.1, 0.15) is 16.8 Å². The van der Waals surface area contributed by atoms with E-state index in [-0.39, 0.29) is 6.42 Å². The van der Waals surface area contributed by atoms with Gasteiger partial charge in [0.05, 0.1) is 18.2 Å².